The summed E-state index contributed by atoms with van der Waals surface area (Å²) in [6.45, 7) is 2.80. The number of hydrogen-bond donors (Lipinski definition) is 0. The van der Waals surface area contributed by atoms with Crippen molar-refractivity contribution in [1.29, 1.82) is 0 Å². The fourth-order valence-corrected chi connectivity index (χ4v) is 3.67. The van der Waals surface area contributed by atoms with E-state index in [1.807, 2.05) is 42.2 Å². The molecule has 3 aromatic carbocycles. The number of likely N-dealkylation sites (N-methyl/N-ethyl adjacent to an activating group) is 1. The van der Waals surface area contributed by atoms with E-state index in [4.69, 9.17) is 0 Å². The van der Waals surface area contributed by atoms with E-state index < -0.39 is 23.4 Å². The standard InChI is InChI=1S/C25H20F2N2O2/c1-2-28(16-17-6-4-3-5-7-17)23-22(18-8-10-19(26)11-9-18)24(30)29(25(23)31)21-14-12-20(27)13-15-21/h3-15H,2,16H2,1H3. The van der Waals surface area contributed by atoms with Crippen molar-refractivity contribution in [3.63, 3.8) is 0 Å². The highest BCUT2D eigenvalue weighted by molar-refractivity contribution is 6.45. The number of amides is 2. The van der Waals surface area contributed by atoms with Crippen molar-refractivity contribution in [3.05, 3.63) is 107 Å². The lowest BCUT2D eigenvalue weighted by Gasteiger charge is -2.25. The summed E-state index contributed by atoms with van der Waals surface area (Å²) < 4.78 is 26.9. The molecule has 0 N–H and O–H groups in total. The van der Waals surface area contributed by atoms with Gasteiger partial charge in [-0.25, -0.2) is 13.7 Å². The minimum atomic E-state index is -0.523. The van der Waals surface area contributed by atoms with Crippen molar-refractivity contribution in [2.45, 2.75) is 13.5 Å². The first-order valence-corrected chi connectivity index (χ1v) is 9.93. The molecule has 0 radical (unpaired) electrons. The second kappa shape index (κ2) is 8.52. The van der Waals surface area contributed by atoms with Crippen LogP contribution in [0.25, 0.3) is 5.57 Å². The number of carbonyl (C=O) groups excluding carboxylic acids is 2. The van der Waals surface area contributed by atoms with Gasteiger partial charge in [0.25, 0.3) is 11.8 Å². The summed E-state index contributed by atoms with van der Waals surface area (Å²) in [5.41, 5.74) is 2.16. The van der Waals surface area contributed by atoms with Gasteiger partial charge >= 0.3 is 0 Å². The zero-order valence-electron chi connectivity index (χ0n) is 16.9. The number of anilines is 1. The topological polar surface area (TPSA) is 40.6 Å². The molecule has 6 heteroatoms. The lowest BCUT2D eigenvalue weighted by molar-refractivity contribution is -0.120. The van der Waals surface area contributed by atoms with Gasteiger partial charge in [-0.1, -0.05) is 42.5 Å². The molecule has 0 saturated carbocycles. The Bertz CT molecular complexity index is 1140. The van der Waals surface area contributed by atoms with E-state index >= 15 is 0 Å². The first-order valence-electron chi connectivity index (χ1n) is 9.93. The molecule has 31 heavy (non-hydrogen) atoms. The average molecular weight is 418 g/mol. The van der Waals surface area contributed by atoms with Gasteiger partial charge in [-0.15, -0.1) is 0 Å². The molecule has 4 nitrogen and oxygen atoms in total. The van der Waals surface area contributed by atoms with Crippen LogP contribution in [0.4, 0.5) is 14.5 Å². The van der Waals surface area contributed by atoms with Crippen LogP contribution in [0.1, 0.15) is 18.1 Å². The quantitative estimate of drug-likeness (QED) is 0.542. The molecule has 0 bridgehead atoms. The number of halogens is 2. The first-order chi connectivity index (χ1) is 15.0. The fourth-order valence-electron chi connectivity index (χ4n) is 3.67. The lowest BCUT2D eigenvalue weighted by Crippen LogP contribution is -2.35. The molecule has 1 aliphatic rings. The maximum absolute atomic E-state index is 13.5. The molecule has 0 aliphatic carbocycles. The Labute approximate surface area is 179 Å². The molecular formula is C25H20F2N2O2. The third-order valence-electron chi connectivity index (χ3n) is 5.19. The second-order valence-electron chi connectivity index (χ2n) is 7.15. The van der Waals surface area contributed by atoms with E-state index in [-0.39, 0.29) is 17.0 Å². The van der Waals surface area contributed by atoms with Crippen molar-refractivity contribution >= 4 is 23.1 Å². The fraction of sp³-hybridized carbons (Fsp3) is 0.120. The zero-order chi connectivity index (χ0) is 22.0. The molecule has 4 rings (SSSR count). The molecule has 0 aromatic heterocycles. The highest BCUT2D eigenvalue weighted by Crippen LogP contribution is 2.35. The maximum atomic E-state index is 13.5. The number of imide groups is 1. The monoisotopic (exact) mass is 418 g/mol. The highest BCUT2D eigenvalue weighted by Gasteiger charge is 2.42. The Hall–Kier alpha value is -3.80. The molecule has 2 amide bonds. The van der Waals surface area contributed by atoms with Crippen LogP contribution in [0.15, 0.2) is 84.6 Å². The third kappa shape index (κ3) is 3.97. The molecule has 3 aromatic rings. The number of hydrogen-bond acceptors (Lipinski definition) is 3. The van der Waals surface area contributed by atoms with E-state index in [0.717, 1.165) is 10.5 Å². The SMILES string of the molecule is CCN(Cc1ccccc1)C1=C(c2ccc(F)cc2)C(=O)N(c2ccc(F)cc2)C1=O. The van der Waals surface area contributed by atoms with Crippen molar-refractivity contribution in [2.75, 3.05) is 11.4 Å². The smallest absolute Gasteiger partial charge is 0.282 e. The summed E-state index contributed by atoms with van der Waals surface area (Å²) in [6, 6.07) is 20.3. The van der Waals surface area contributed by atoms with Crippen molar-refractivity contribution in [3.8, 4) is 0 Å². The average Bonchev–Trinajstić information content (AvgIpc) is 3.04. The van der Waals surface area contributed by atoms with Gasteiger partial charge in [-0.3, -0.25) is 9.59 Å². The Kier molecular flexibility index (Phi) is 5.62. The molecular weight excluding hydrogens is 398 g/mol. The highest BCUT2D eigenvalue weighted by atomic mass is 19.1. The third-order valence-corrected chi connectivity index (χ3v) is 5.19. The van der Waals surface area contributed by atoms with Crippen LogP contribution in [-0.2, 0) is 16.1 Å². The molecule has 1 aliphatic heterocycles. The predicted molar refractivity (Wildman–Crippen MR) is 115 cm³/mol. The van der Waals surface area contributed by atoms with E-state index in [1.165, 1.54) is 48.5 Å². The zero-order valence-corrected chi connectivity index (χ0v) is 16.9. The molecule has 0 unspecified atom stereocenters. The van der Waals surface area contributed by atoms with Crippen LogP contribution < -0.4 is 4.90 Å². The summed E-state index contributed by atoms with van der Waals surface area (Å²) >= 11 is 0. The van der Waals surface area contributed by atoms with Crippen LogP contribution in [0.3, 0.4) is 0 Å². The van der Waals surface area contributed by atoms with E-state index in [0.29, 0.717) is 18.7 Å². The molecule has 1 heterocycles. The van der Waals surface area contributed by atoms with Crippen LogP contribution in [0.5, 0.6) is 0 Å². The predicted octanol–water partition coefficient (Wildman–Crippen LogP) is 4.77. The summed E-state index contributed by atoms with van der Waals surface area (Å²) in [5.74, 6) is -1.91. The van der Waals surface area contributed by atoms with E-state index in [2.05, 4.69) is 0 Å². The molecule has 0 atom stereocenters. The first kappa shape index (κ1) is 20.5. The Morgan fingerprint density at radius 1 is 0.774 bits per heavy atom. The number of rotatable bonds is 6. The van der Waals surface area contributed by atoms with Gasteiger partial charge in [0, 0.05) is 13.1 Å². The van der Waals surface area contributed by atoms with Gasteiger partial charge in [-0.05, 0) is 54.4 Å². The summed E-state index contributed by atoms with van der Waals surface area (Å²) in [4.78, 5) is 29.8. The Balaban J connectivity index is 1.82. The Morgan fingerprint density at radius 3 is 1.94 bits per heavy atom. The van der Waals surface area contributed by atoms with Gasteiger partial charge in [0.1, 0.15) is 17.3 Å². The normalized spacial score (nSPS) is 13.8. The summed E-state index contributed by atoms with van der Waals surface area (Å²) in [7, 11) is 0. The molecule has 0 spiro atoms. The number of nitrogens with zero attached hydrogens (tertiary/aromatic N) is 2. The van der Waals surface area contributed by atoms with Crippen molar-refractivity contribution in [2.24, 2.45) is 0 Å². The van der Waals surface area contributed by atoms with Crippen LogP contribution >= 0.6 is 0 Å². The van der Waals surface area contributed by atoms with Gasteiger partial charge in [0.2, 0.25) is 0 Å². The van der Waals surface area contributed by atoms with Crippen molar-refractivity contribution in [1.82, 2.24) is 4.90 Å². The minimum absolute atomic E-state index is 0.201. The molecule has 156 valence electrons. The van der Waals surface area contributed by atoms with Gasteiger partial charge in [0.15, 0.2) is 0 Å². The van der Waals surface area contributed by atoms with Crippen LogP contribution in [0.2, 0.25) is 0 Å². The molecule has 0 saturated heterocycles. The largest absolute Gasteiger partial charge is 0.362 e. The van der Waals surface area contributed by atoms with E-state index in [1.54, 1.807) is 0 Å². The van der Waals surface area contributed by atoms with Gasteiger partial charge in [-0.2, -0.15) is 0 Å². The summed E-state index contributed by atoms with van der Waals surface area (Å²) in [5, 5.41) is 0. The van der Waals surface area contributed by atoms with Gasteiger partial charge < -0.3 is 4.90 Å². The van der Waals surface area contributed by atoms with Crippen molar-refractivity contribution < 1.29 is 18.4 Å². The Morgan fingerprint density at radius 2 is 1.35 bits per heavy atom. The second-order valence-corrected chi connectivity index (χ2v) is 7.15. The van der Waals surface area contributed by atoms with Crippen LogP contribution in [0, 0.1) is 11.6 Å². The number of carbonyl (C=O) groups is 2. The van der Waals surface area contributed by atoms with Gasteiger partial charge in [0.05, 0.1) is 11.3 Å². The minimum Gasteiger partial charge on any atom is -0.362 e. The lowest BCUT2D eigenvalue weighted by atomic mass is 10.0. The summed E-state index contributed by atoms with van der Waals surface area (Å²) in [6.07, 6.45) is 0. The maximum Gasteiger partial charge on any atom is 0.282 e. The van der Waals surface area contributed by atoms with E-state index in [9.17, 15) is 18.4 Å². The van der Waals surface area contributed by atoms with Crippen LogP contribution in [-0.4, -0.2) is 23.3 Å². The molecule has 0 fully saturated rings. The number of benzene rings is 3.